The fourth-order valence-electron chi connectivity index (χ4n) is 1.85. The molecule has 3 amide bonds. The Hall–Kier alpha value is -1.92. The van der Waals surface area contributed by atoms with Crippen molar-refractivity contribution in [1.82, 2.24) is 10.6 Å². The summed E-state index contributed by atoms with van der Waals surface area (Å²) in [5.74, 6) is -1.29. The number of nitrogens with one attached hydrogen (secondary N) is 2. The molecule has 2 atom stereocenters. The van der Waals surface area contributed by atoms with Gasteiger partial charge < -0.3 is 16.4 Å². The van der Waals surface area contributed by atoms with Crippen molar-refractivity contribution in [2.75, 3.05) is 0 Å². The van der Waals surface area contributed by atoms with Gasteiger partial charge in [0.1, 0.15) is 17.9 Å². The lowest BCUT2D eigenvalue weighted by Gasteiger charge is -2.17. The highest BCUT2D eigenvalue weighted by molar-refractivity contribution is 5.93. The van der Waals surface area contributed by atoms with Crippen molar-refractivity contribution in [1.29, 1.82) is 0 Å². The van der Waals surface area contributed by atoms with Gasteiger partial charge in [0.2, 0.25) is 17.7 Å². The number of carbonyl (C=O) groups excluding carboxylic acids is 4. The highest BCUT2D eigenvalue weighted by Crippen LogP contribution is 2.08. The number of ketones is 1. The van der Waals surface area contributed by atoms with Gasteiger partial charge in [-0.3, -0.25) is 19.2 Å². The molecule has 1 saturated heterocycles. The van der Waals surface area contributed by atoms with Crippen LogP contribution in [0.25, 0.3) is 0 Å². The average molecular weight is 269 g/mol. The largest absolute Gasteiger partial charge is 0.368 e. The molecule has 19 heavy (non-hydrogen) atoms. The van der Waals surface area contributed by atoms with Crippen LogP contribution in [-0.2, 0) is 19.2 Å². The number of amides is 3. The number of hydrogen-bond acceptors (Lipinski definition) is 4. The second-order valence-corrected chi connectivity index (χ2v) is 4.55. The number of hydrogen-bond donors (Lipinski definition) is 3. The molecule has 1 aliphatic heterocycles. The number of rotatable bonds is 7. The van der Waals surface area contributed by atoms with E-state index in [9.17, 15) is 19.2 Å². The Labute approximate surface area is 111 Å². The molecule has 1 aliphatic rings. The molecule has 0 aromatic rings. The Morgan fingerprint density at radius 2 is 2.16 bits per heavy atom. The molecule has 7 heteroatoms. The van der Waals surface area contributed by atoms with Crippen LogP contribution in [0.15, 0.2) is 0 Å². The summed E-state index contributed by atoms with van der Waals surface area (Å²) in [6.07, 6.45) is 1.48. The van der Waals surface area contributed by atoms with Crippen molar-refractivity contribution in [2.24, 2.45) is 5.73 Å². The Kier molecular flexibility index (Phi) is 5.47. The molecule has 1 heterocycles. The molecular weight excluding hydrogens is 250 g/mol. The topological polar surface area (TPSA) is 118 Å². The van der Waals surface area contributed by atoms with Gasteiger partial charge >= 0.3 is 0 Å². The lowest BCUT2D eigenvalue weighted by molar-refractivity contribution is -0.129. The Morgan fingerprint density at radius 1 is 1.47 bits per heavy atom. The Balaban J connectivity index is 2.48. The first-order valence-electron chi connectivity index (χ1n) is 6.34. The lowest BCUT2D eigenvalue weighted by atomic mass is 10.1. The summed E-state index contributed by atoms with van der Waals surface area (Å²) < 4.78 is 0. The summed E-state index contributed by atoms with van der Waals surface area (Å²) in [6, 6.07) is -1.49. The van der Waals surface area contributed by atoms with Gasteiger partial charge in [-0.2, -0.15) is 0 Å². The molecule has 0 aromatic heterocycles. The van der Waals surface area contributed by atoms with E-state index in [4.69, 9.17) is 5.73 Å². The zero-order chi connectivity index (χ0) is 14.4. The van der Waals surface area contributed by atoms with E-state index in [1.165, 1.54) is 0 Å². The second-order valence-electron chi connectivity index (χ2n) is 4.55. The first-order chi connectivity index (χ1) is 8.93. The third-order valence-electron chi connectivity index (χ3n) is 3.08. The van der Waals surface area contributed by atoms with Gasteiger partial charge in [0, 0.05) is 19.3 Å². The van der Waals surface area contributed by atoms with Crippen molar-refractivity contribution in [2.45, 2.75) is 51.1 Å². The highest BCUT2D eigenvalue weighted by Gasteiger charge is 2.29. The third-order valence-corrected chi connectivity index (χ3v) is 3.08. The number of carbonyl (C=O) groups is 4. The van der Waals surface area contributed by atoms with Gasteiger partial charge in [0.25, 0.3) is 0 Å². The lowest BCUT2D eigenvalue weighted by Crippen LogP contribution is -2.50. The van der Waals surface area contributed by atoms with Crippen LogP contribution in [0.1, 0.15) is 39.0 Å². The van der Waals surface area contributed by atoms with E-state index in [1.54, 1.807) is 6.92 Å². The molecule has 1 fully saturated rings. The summed E-state index contributed by atoms with van der Waals surface area (Å²) in [4.78, 5) is 45.2. The fraction of sp³-hybridized carbons (Fsp3) is 0.667. The van der Waals surface area contributed by atoms with Crippen LogP contribution in [0.5, 0.6) is 0 Å². The van der Waals surface area contributed by atoms with Crippen LogP contribution >= 0.6 is 0 Å². The predicted molar refractivity (Wildman–Crippen MR) is 66.8 cm³/mol. The Morgan fingerprint density at radius 3 is 2.63 bits per heavy atom. The van der Waals surface area contributed by atoms with Gasteiger partial charge in [0.05, 0.1) is 0 Å². The zero-order valence-corrected chi connectivity index (χ0v) is 10.9. The number of nitrogens with two attached hydrogens (primary N) is 1. The van der Waals surface area contributed by atoms with E-state index in [1.807, 2.05) is 0 Å². The molecule has 0 aliphatic carbocycles. The minimum Gasteiger partial charge on any atom is -0.368 e. The standard InChI is InChI=1S/C12H19N3O4/c1-2-7(16)3-4-8(11(13)18)15-12(19)9-5-6-10(17)14-9/h8-9H,2-6H2,1H3,(H2,13,18)(H,14,17)(H,15,19)/t8-,9+/m1/s1. The van der Waals surface area contributed by atoms with Gasteiger partial charge in [-0.1, -0.05) is 6.92 Å². The first-order valence-corrected chi connectivity index (χ1v) is 6.34. The van der Waals surface area contributed by atoms with E-state index < -0.39 is 23.9 Å². The van der Waals surface area contributed by atoms with Crippen LogP contribution in [-0.4, -0.2) is 35.6 Å². The van der Waals surface area contributed by atoms with Gasteiger partial charge in [0.15, 0.2) is 0 Å². The Bertz CT molecular complexity index is 394. The SMILES string of the molecule is CCC(=O)CC[C@@H](NC(=O)[C@@H]1CCC(=O)N1)C(N)=O. The summed E-state index contributed by atoms with van der Waals surface area (Å²) >= 11 is 0. The summed E-state index contributed by atoms with van der Waals surface area (Å²) in [7, 11) is 0. The highest BCUT2D eigenvalue weighted by atomic mass is 16.2. The van der Waals surface area contributed by atoms with E-state index >= 15 is 0 Å². The minimum atomic E-state index is -0.875. The fourth-order valence-corrected chi connectivity index (χ4v) is 1.85. The van der Waals surface area contributed by atoms with Crippen molar-refractivity contribution < 1.29 is 19.2 Å². The molecule has 0 spiro atoms. The zero-order valence-electron chi connectivity index (χ0n) is 10.9. The molecule has 0 radical (unpaired) electrons. The maximum absolute atomic E-state index is 11.8. The molecule has 1 rings (SSSR count). The molecular formula is C12H19N3O4. The molecule has 106 valence electrons. The minimum absolute atomic E-state index is 0.00895. The molecule has 4 N–H and O–H groups in total. The maximum Gasteiger partial charge on any atom is 0.243 e. The summed E-state index contributed by atoms with van der Waals surface area (Å²) in [5.41, 5.74) is 5.19. The van der Waals surface area contributed by atoms with Crippen molar-refractivity contribution in [3.05, 3.63) is 0 Å². The molecule has 7 nitrogen and oxygen atoms in total. The second kappa shape index (κ2) is 6.86. The molecule has 0 saturated carbocycles. The molecule has 0 bridgehead atoms. The normalized spacial score (nSPS) is 19.6. The van der Waals surface area contributed by atoms with Gasteiger partial charge in [-0.15, -0.1) is 0 Å². The molecule has 0 aromatic carbocycles. The van der Waals surface area contributed by atoms with Crippen LogP contribution in [0.3, 0.4) is 0 Å². The molecule has 0 unspecified atom stereocenters. The number of primary amides is 1. The van der Waals surface area contributed by atoms with Crippen LogP contribution in [0, 0.1) is 0 Å². The van der Waals surface area contributed by atoms with Crippen molar-refractivity contribution in [3.63, 3.8) is 0 Å². The van der Waals surface area contributed by atoms with Crippen molar-refractivity contribution >= 4 is 23.5 Å². The third kappa shape index (κ3) is 4.69. The van der Waals surface area contributed by atoms with Gasteiger partial charge in [-0.05, 0) is 12.8 Å². The van der Waals surface area contributed by atoms with Crippen LogP contribution in [0.4, 0.5) is 0 Å². The average Bonchev–Trinajstić information content (AvgIpc) is 2.80. The predicted octanol–water partition coefficient (Wildman–Crippen LogP) is -1.01. The quantitative estimate of drug-likeness (QED) is 0.549. The first kappa shape index (κ1) is 15.1. The maximum atomic E-state index is 11.8. The summed E-state index contributed by atoms with van der Waals surface area (Å²) in [5, 5.41) is 4.98. The monoisotopic (exact) mass is 269 g/mol. The van der Waals surface area contributed by atoms with Crippen molar-refractivity contribution in [3.8, 4) is 0 Å². The van der Waals surface area contributed by atoms with Gasteiger partial charge in [-0.25, -0.2) is 0 Å². The van der Waals surface area contributed by atoms with E-state index in [0.717, 1.165) is 0 Å². The van der Waals surface area contributed by atoms with Crippen LogP contribution in [0.2, 0.25) is 0 Å². The van der Waals surface area contributed by atoms with E-state index in [2.05, 4.69) is 10.6 Å². The van der Waals surface area contributed by atoms with E-state index in [0.29, 0.717) is 19.3 Å². The summed E-state index contributed by atoms with van der Waals surface area (Å²) in [6.45, 7) is 1.73. The van der Waals surface area contributed by atoms with Crippen LogP contribution < -0.4 is 16.4 Å². The van der Waals surface area contributed by atoms with E-state index in [-0.39, 0.29) is 24.5 Å². The smallest absolute Gasteiger partial charge is 0.243 e. The number of Topliss-reactive ketones (excluding diaryl/α,β-unsaturated/α-hetero) is 1.